The number of nitrogens with one attached hydrogen (secondary N) is 1. The van der Waals surface area contributed by atoms with Gasteiger partial charge < -0.3 is 14.6 Å². The third-order valence-electron chi connectivity index (χ3n) is 3.32. The lowest BCUT2D eigenvalue weighted by atomic mass is 10.1. The highest BCUT2D eigenvalue weighted by molar-refractivity contribution is 5.30. The number of benzene rings is 1. The molecule has 102 valence electrons. The van der Waals surface area contributed by atoms with Crippen molar-refractivity contribution in [3.05, 3.63) is 48.0 Å². The number of hydrogen-bond donors (Lipinski definition) is 1. The predicted octanol–water partition coefficient (Wildman–Crippen LogP) is 2.76. The van der Waals surface area contributed by atoms with Gasteiger partial charge in [0.2, 0.25) is 0 Å². The molecule has 1 aromatic carbocycles. The summed E-state index contributed by atoms with van der Waals surface area (Å²) >= 11 is 0. The Labute approximate surface area is 114 Å². The Morgan fingerprint density at radius 1 is 1.42 bits per heavy atom. The van der Waals surface area contributed by atoms with Gasteiger partial charge >= 0.3 is 0 Å². The van der Waals surface area contributed by atoms with E-state index in [1.54, 1.807) is 0 Å². The molecule has 0 saturated heterocycles. The third kappa shape index (κ3) is 3.35. The van der Waals surface area contributed by atoms with Crippen LogP contribution < -0.4 is 10.1 Å². The van der Waals surface area contributed by atoms with Gasteiger partial charge in [-0.05, 0) is 38.6 Å². The van der Waals surface area contributed by atoms with E-state index in [9.17, 15) is 0 Å². The molecular formula is C15H21N3O. The second-order valence-corrected chi connectivity index (χ2v) is 4.54. The van der Waals surface area contributed by atoms with E-state index in [4.69, 9.17) is 4.74 Å². The molecule has 1 atom stereocenters. The largest absolute Gasteiger partial charge is 0.487 e. The Bertz CT molecular complexity index is 522. The van der Waals surface area contributed by atoms with Crippen molar-refractivity contribution < 1.29 is 4.74 Å². The van der Waals surface area contributed by atoms with Gasteiger partial charge in [0.05, 0.1) is 18.2 Å². The minimum absolute atomic E-state index is 0.324. The average molecular weight is 259 g/mol. The van der Waals surface area contributed by atoms with E-state index in [-0.39, 0.29) is 0 Å². The topological polar surface area (TPSA) is 39.1 Å². The van der Waals surface area contributed by atoms with Gasteiger partial charge in [-0.1, -0.05) is 12.1 Å². The third-order valence-corrected chi connectivity index (χ3v) is 3.32. The molecule has 2 rings (SSSR count). The molecule has 19 heavy (non-hydrogen) atoms. The molecule has 0 aliphatic carbocycles. The van der Waals surface area contributed by atoms with Crippen LogP contribution in [0, 0.1) is 0 Å². The van der Waals surface area contributed by atoms with E-state index < -0.39 is 0 Å². The lowest BCUT2D eigenvalue weighted by Crippen LogP contribution is -2.12. The molecule has 1 heterocycles. The molecule has 1 unspecified atom stereocenters. The standard InChI is InChI=1S/C15H21N3O/c1-4-18-11-17-9-14(18)10-19-15-7-5-6-13(8-15)12(2)16-3/h5-9,11-12,16H,4,10H2,1-3H3. The smallest absolute Gasteiger partial charge is 0.130 e. The first-order valence-corrected chi connectivity index (χ1v) is 6.63. The van der Waals surface area contributed by atoms with Crippen molar-refractivity contribution >= 4 is 0 Å². The summed E-state index contributed by atoms with van der Waals surface area (Å²) < 4.78 is 7.92. The SMILES string of the molecule is CCn1cncc1COc1cccc(C(C)NC)c1. The van der Waals surface area contributed by atoms with Crippen molar-refractivity contribution in [2.24, 2.45) is 0 Å². The number of aromatic nitrogens is 2. The van der Waals surface area contributed by atoms with Gasteiger partial charge in [-0.3, -0.25) is 0 Å². The van der Waals surface area contributed by atoms with Crippen LogP contribution in [0.5, 0.6) is 5.75 Å². The van der Waals surface area contributed by atoms with E-state index in [1.807, 2.05) is 31.7 Å². The Morgan fingerprint density at radius 3 is 3.00 bits per heavy atom. The molecule has 0 saturated carbocycles. The number of nitrogens with zero attached hydrogens (tertiary/aromatic N) is 2. The number of aryl methyl sites for hydroxylation is 1. The summed E-state index contributed by atoms with van der Waals surface area (Å²) in [5.74, 6) is 0.892. The van der Waals surface area contributed by atoms with Crippen LogP contribution >= 0.6 is 0 Å². The maximum absolute atomic E-state index is 5.84. The van der Waals surface area contributed by atoms with Gasteiger partial charge in [-0.2, -0.15) is 0 Å². The Balaban J connectivity index is 2.03. The molecule has 1 N–H and O–H groups in total. The Hall–Kier alpha value is -1.81. The Morgan fingerprint density at radius 2 is 2.26 bits per heavy atom. The number of imidazole rings is 1. The second kappa shape index (κ2) is 6.38. The summed E-state index contributed by atoms with van der Waals surface area (Å²) in [5.41, 5.74) is 2.32. The zero-order chi connectivity index (χ0) is 13.7. The molecule has 0 bridgehead atoms. The van der Waals surface area contributed by atoms with E-state index >= 15 is 0 Å². The first-order valence-electron chi connectivity index (χ1n) is 6.63. The number of hydrogen-bond acceptors (Lipinski definition) is 3. The average Bonchev–Trinajstić information content (AvgIpc) is 2.92. The zero-order valence-corrected chi connectivity index (χ0v) is 11.8. The van der Waals surface area contributed by atoms with Crippen LogP contribution in [0.3, 0.4) is 0 Å². The summed E-state index contributed by atoms with van der Waals surface area (Å²) in [6.45, 7) is 5.69. The molecule has 0 amide bonds. The van der Waals surface area contributed by atoms with Gasteiger partial charge in [0.15, 0.2) is 0 Å². The zero-order valence-electron chi connectivity index (χ0n) is 11.8. The minimum atomic E-state index is 0.324. The van der Waals surface area contributed by atoms with E-state index in [0.717, 1.165) is 18.0 Å². The number of ether oxygens (including phenoxy) is 1. The van der Waals surface area contributed by atoms with Gasteiger partial charge in [0, 0.05) is 12.6 Å². The molecule has 0 spiro atoms. The van der Waals surface area contributed by atoms with Crippen LogP contribution in [-0.4, -0.2) is 16.6 Å². The van der Waals surface area contributed by atoms with Crippen molar-refractivity contribution in [2.75, 3.05) is 7.05 Å². The summed E-state index contributed by atoms with van der Waals surface area (Å²) in [5, 5.41) is 3.23. The van der Waals surface area contributed by atoms with Crippen LogP contribution in [0.1, 0.15) is 31.1 Å². The normalized spacial score (nSPS) is 12.4. The lowest BCUT2D eigenvalue weighted by molar-refractivity contribution is 0.295. The van der Waals surface area contributed by atoms with Crippen molar-refractivity contribution in [2.45, 2.75) is 33.0 Å². The highest BCUT2D eigenvalue weighted by Gasteiger charge is 2.05. The quantitative estimate of drug-likeness (QED) is 0.867. The molecule has 0 aliphatic rings. The lowest BCUT2D eigenvalue weighted by Gasteiger charge is -2.13. The van der Waals surface area contributed by atoms with Gasteiger partial charge in [0.1, 0.15) is 12.4 Å². The maximum atomic E-state index is 5.84. The molecular weight excluding hydrogens is 238 g/mol. The fourth-order valence-electron chi connectivity index (χ4n) is 1.95. The van der Waals surface area contributed by atoms with Crippen LogP contribution in [0.4, 0.5) is 0 Å². The highest BCUT2D eigenvalue weighted by atomic mass is 16.5. The van der Waals surface area contributed by atoms with Crippen molar-refractivity contribution in [3.8, 4) is 5.75 Å². The molecule has 0 radical (unpaired) electrons. The molecule has 4 nitrogen and oxygen atoms in total. The highest BCUT2D eigenvalue weighted by Crippen LogP contribution is 2.19. The van der Waals surface area contributed by atoms with Gasteiger partial charge in [0.25, 0.3) is 0 Å². The monoisotopic (exact) mass is 259 g/mol. The van der Waals surface area contributed by atoms with Crippen molar-refractivity contribution in [3.63, 3.8) is 0 Å². The molecule has 0 aliphatic heterocycles. The van der Waals surface area contributed by atoms with E-state index in [0.29, 0.717) is 12.6 Å². The van der Waals surface area contributed by atoms with Crippen molar-refractivity contribution in [1.82, 2.24) is 14.9 Å². The predicted molar refractivity (Wildman–Crippen MR) is 76.1 cm³/mol. The molecule has 4 heteroatoms. The van der Waals surface area contributed by atoms with Gasteiger partial charge in [-0.25, -0.2) is 4.98 Å². The maximum Gasteiger partial charge on any atom is 0.130 e. The summed E-state index contributed by atoms with van der Waals surface area (Å²) in [7, 11) is 1.96. The van der Waals surface area contributed by atoms with E-state index in [1.165, 1.54) is 5.56 Å². The van der Waals surface area contributed by atoms with Crippen LogP contribution in [0.25, 0.3) is 0 Å². The molecule has 0 fully saturated rings. The van der Waals surface area contributed by atoms with Gasteiger partial charge in [-0.15, -0.1) is 0 Å². The first kappa shape index (κ1) is 13.6. The summed E-state index contributed by atoms with van der Waals surface area (Å²) in [6, 6.07) is 8.51. The number of rotatable bonds is 6. The van der Waals surface area contributed by atoms with Crippen LogP contribution in [0.2, 0.25) is 0 Å². The fraction of sp³-hybridized carbons (Fsp3) is 0.400. The minimum Gasteiger partial charge on any atom is -0.487 e. The van der Waals surface area contributed by atoms with Crippen molar-refractivity contribution in [1.29, 1.82) is 0 Å². The van der Waals surface area contributed by atoms with E-state index in [2.05, 4.69) is 40.8 Å². The Kier molecular flexibility index (Phi) is 4.58. The fourth-order valence-corrected chi connectivity index (χ4v) is 1.95. The second-order valence-electron chi connectivity index (χ2n) is 4.54. The summed E-state index contributed by atoms with van der Waals surface area (Å²) in [4.78, 5) is 4.14. The van der Waals surface area contributed by atoms with Crippen LogP contribution in [-0.2, 0) is 13.2 Å². The summed E-state index contributed by atoms with van der Waals surface area (Å²) in [6.07, 6.45) is 3.68. The molecule has 2 aromatic rings. The molecule has 1 aromatic heterocycles. The first-order chi connectivity index (χ1) is 9.24. The van der Waals surface area contributed by atoms with Crippen LogP contribution in [0.15, 0.2) is 36.8 Å².